The van der Waals surface area contributed by atoms with Crippen LogP contribution in [0.3, 0.4) is 0 Å². The molecule has 112 valence electrons. The van der Waals surface area contributed by atoms with Crippen LogP contribution < -0.4 is 10.6 Å². The maximum absolute atomic E-state index is 13.2. The molecule has 5 heteroatoms. The first-order valence-corrected chi connectivity index (χ1v) is 7.18. The summed E-state index contributed by atoms with van der Waals surface area (Å²) >= 11 is 0. The number of aliphatic imine (C=N–C) groups is 1. The summed E-state index contributed by atoms with van der Waals surface area (Å²) in [6.07, 6.45) is 1.03. The molecule has 0 saturated carbocycles. The maximum Gasteiger partial charge on any atom is 0.255 e. The zero-order valence-corrected chi connectivity index (χ0v) is 12.0. The molecular formula is C17H16FN3O. The van der Waals surface area contributed by atoms with Crippen molar-refractivity contribution >= 4 is 17.4 Å². The highest BCUT2D eigenvalue weighted by atomic mass is 19.1. The van der Waals surface area contributed by atoms with Crippen molar-refractivity contribution in [3.8, 4) is 0 Å². The van der Waals surface area contributed by atoms with Gasteiger partial charge in [0.2, 0.25) is 0 Å². The van der Waals surface area contributed by atoms with Gasteiger partial charge in [0.25, 0.3) is 5.91 Å². The van der Waals surface area contributed by atoms with Crippen LogP contribution in [-0.4, -0.2) is 24.8 Å². The van der Waals surface area contributed by atoms with Gasteiger partial charge in [-0.3, -0.25) is 9.79 Å². The number of amidine groups is 1. The van der Waals surface area contributed by atoms with Gasteiger partial charge in [0.15, 0.2) is 0 Å². The number of nitrogens with one attached hydrogen (secondary N) is 2. The molecule has 0 unspecified atom stereocenters. The minimum atomic E-state index is -0.429. The van der Waals surface area contributed by atoms with Crippen LogP contribution in [0.5, 0.6) is 0 Å². The van der Waals surface area contributed by atoms with Crippen LogP contribution in [-0.2, 0) is 0 Å². The molecule has 1 amide bonds. The first-order valence-electron chi connectivity index (χ1n) is 7.18. The fourth-order valence-corrected chi connectivity index (χ4v) is 2.30. The van der Waals surface area contributed by atoms with Crippen molar-refractivity contribution in [1.29, 1.82) is 0 Å². The molecule has 0 fully saturated rings. The largest absolute Gasteiger partial charge is 0.370 e. The van der Waals surface area contributed by atoms with E-state index in [9.17, 15) is 9.18 Å². The molecule has 0 aliphatic carbocycles. The zero-order chi connectivity index (χ0) is 15.4. The van der Waals surface area contributed by atoms with Crippen molar-refractivity contribution in [2.24, 2.45) is 4.99 Å². The number of benzene rings is 2. The standard InChI is InChI=1S/C17H16FN3O/c18-14-6-1-5-13(10-14)17(22)21-15-7-2-4-12(11-15)16-19-8-3-9-20-16/h1-2,4-7,10-11H,3,8-9H2,(H,19,20)(H,21,22). The van der Waals surface area contributed by atoms with Gasteiger partial charge in [-0.15, -0.1) is 0 Å². The van der Waals surface area contributed by atoms with Crippen molar-refractivity contribution in [3.05, 3.63) is 65.5 Å². The van der Waals surface area contributed by atoms with Gasteiger partial charge in [0, 0.05) is 29.9 Å². The molecule has 2 aromatic rings. The third-order valence-corrected chi connectivity index (χ3v) is 3.38. The third kappa shape index (κ3) is 3.31. The molecule has 0 saturated heterocycles. The average molecular weight is 297 g/mol. The van der Waals surface area contributed by atoms with Crippen molar-refractivity contribution < 1.29 is 9.18 Å². The number of anilines is 1. The van der Waals surface area contributed by atoms with Crippen molar-refractivity contribution in [2.75, 3.05) is 18.4 Å². The van der Waals surface area contributed by atoms with Gasteiger partial charge in [-0.2, -0.15) is 0 Å². The second-order valence-corrected chi connectivity index (χ2v) is 5.06. The number of rotatable bonds is 3. The maximum atomic E-state index is 13.2. The van der Waals surface area contributed by atoms with E-state index in [2.05, 4.69) is 15.6 Å². The molecular weight excluding hydrogens is 281 g/mol. The summed E-state index contributed by atoms with van der Waals surface area (Å²) in [5.74, 6) is 0.0745. The molecule has 4 nitrogen and oxygen atoms in total. The number of halogens is 1. The van der Waals surface area contributed by atoms with Gasteiger partial charge in [0.1, 0.15) is 11.7 Å². The van der Waals surface area contributed by atoms with Crippen LogP contribution >= 0.6 is 0 Å². The third-order valence-electron chi connectivity index (χ3n) is 3.38. The summed E-state index contributed by atoms with van der Waals surface area (Å²) in [7, 11) is 0. The van der Waals surface area contributed by atoms with E-state index in [1.165, 1.54) is 18.2 Å². The van der Waals surface area contributed by atoms with E-state index in [4.69, 9.17) is 0 Å². The Morgan fingerprint density at radius 2 is 2.05 bits per heavy atom. The van der Waals surface area contributed by atoms with Gasteiger partial charge in [0.05, 0.1) is 0 Å². The van der Waals surface area contributed by atoms with Crippen LogP contribution in [0, 0.1) is 5.82 Å². The lowest BCUT2D eigenvalue weighted by molar-refractivity contribution is 0.102. The number of carbonyl (C=O) groups excluding carboxylic acids is 1. The van der Waals surface area contributed by atoms with E-state index in [0.29, 0.717) is 11.3 Å². The second-order valence-electron chi connectivity index (χ2n) is 5.06. The minimum Gasteiger partial charge on any atom is -0.370 e. The number of carbonyl (C=O) groups is 1. The number of amides is 1. The summed E-state index contributed by atoms with van der Waals surface area (Å²) < 4.78 is 13.2. The monoisotopic (exact) mass is 297 g/mol. The predicted molar refractivity (Wildman–Crippen MR) is 84.8 cm³/mol. The number of nitrogens with zero attached hydrogens (tertiary/aromatic N) is 1. The zero-order valence-electron chi connectivity index (χ0n) is 12.0. The van der Waals surface area contributed by atoms with Crippen LogP contribution in [0.4, 0.5) is 10.1 Å². The lowest BCUT2D eigenvalue weighted by Gasteiger charge is -2.15. The fourth-order valence-electron chi connectivity index (χ4n) is 2.30. The first-order chi connectivity index (χ1) is 10.7. The Balaban J connectivity index is 1.78. The Morgan fingerprint density at radius 3 is 2.82 bits per heavy atom. The molecule has 0 spiro atoms. The van der Waals surface area contributed by atoms with Crippen LogP contribution in [0.25, 0.3) is 0 Å². The van der Waals surface area contributed by atoms with E-state index >= 15 is 0 Å². The van der Waals surface area contributed by atoms with Gasteiger partial charge in [-0.1, -0.05) is 18.2 Å². The molecule has 0 bridgehead atoms. The molecule has 1 heterocycles. The quantitative estimate of drug-likeness (QED) is 0.915. The lowest BCUT2D eigenvalue weighted by Crippen LogP contribution is -2.30. The minimum absolute atomic E-state index is 0.290. The summed E-state index contributed by atoms with van der Waals surface area (Å²) in [6.45, 7) is 1.71. The fraction of sp³-hybridized carbons (Fsp3) is 0.176. The van der Waals surface area contributed by atoms with E-state index in [1.54, 1.807) is 12.1 Å². The molecule has 2 N–H and O–H groups in total. The smallest absolute Gasteiger partial charge is 0.255 e. The van der Waals surface area contributed by atoms with Crippen molar-refractivity contribution in [1.82, 2.24) is 5.32 Å². The highest BCUT2D eigenvalue weighted by Crippen LogP contribution is 2.14. The topological polar surface area (TPSA) is 53.5 Å². The molecule has 0 atom stereocenters. The van der Waals surface area contributed by atoms with Crippen molar-refractivity contribution in [2.45, 2.75) is 6.42 Å². The molecule has 3 rings (SSSR count). The molecule has 0 radical (unpaired) electrons. The van der Waals surface area contributed by atoms with Gasteiger partial charge in [-0.05, 0) is 36.8 Å². The molecule has 2 aromatic carbocycles. The summed E-state index contributed by atoms with van der Waals surface area (Å²) in [5.41, 5.74) is 1.87. The molecule has 22 heavy (non-hydrogen) atoms. The van der Waals surface area contributed by atoms with Crippen LogP contribution in [0.1, 0.15) is 22.3 Å². The Morgan fingerprint density at radius 1 is 1.18 bits per heavy atom. The van der Waals surface area contributed by atoms with Gasteiger partial charge < -0.3 is 10.6 Å². The van der Waals surface area contributed by atoms with Gasteiger partial charge >= 0.3 is 0 Å². The van der Waals surface area contributed by atoms with Crippen molar-refractivity contribution in [3.63, 3.8) is 0 Å². The Kier molecular flexibility index (Phi) is 4.14. The lowest BCUT2D eigenvalue weighted by atomic mass is 10.1. The molecule has 1 aliphatic heterocycles. The average Bonchev–Trinajstić information content (AvgIpc) is 2.56. The molecule has 1 aliphatic rings. The summed E-state index contributed by atoms with van der Waals surface area (Å²) in [6, 6.07) is 13.1. The Hall–Kier alpha value is -2.69. The normalized spacial score (nSPS) is 14.0. The summed E-state index contributed by atoms with van der Waals surface area (Å²) in [5, 5.41) is 6.02. The Bertz CT molecular complexity index is 727. The number of hydrogen-bond acceptors (Lipinski definition) is 3. The first kappa shape index (κ1) is 14.3. The number of hydrogen-bond donors (Lipinski definition) is 2. The van der Waals surface area contributed by atoms with E-state index in [0.717, 1.165) is 30.9 Å². The van der Waals surface area contributed by atoms with E-state index in [-0.39, 0.29) is 5.91 Å². The Labute approximate surface area is 128 Å². The predicted octanol–water partition coefficient (Wildman–Crippen LogP) is 2.82. The second kappa shape index (κ2) is 6.39. The van der Waals surface area contributed by atoms with E-state index < -0.39 is 5.82 Å². The van der Waals surface area contributed by atoms with E-state index in [1.807, 2.05) is 18.2 Å². The van der Waals surface area contributed by atoms with Crippen LogP contribution in [0.15, 0.2) is 53.5 Å². The van der Waals surface area contributed by atoms with Gasteiger partial charge in [-0.25, -0.2) is 4.39 Å². The SMILES string of the molecule is O=C(Nc1cccc(C2=NCCCN2)c1)c1cccc(F)c1. The molecule has 0 aromatic heterocycles. The van der Waals surface area contributed by atoms with Crippen LogP contribution in [0.2, 0.25) is 0 Å². The summed E-state index contributed by atoms with van der Waals surface area (Å²) in [4.78, 5) is 16.6. The highest BCUT2D eigenvalue weighted by molar-refractivity contribution is 6.05. The highest BCUT2D eigenvalue weighted by Gasteiger charge is 2.10.